The average Bonchev–Trinajstić information content (AvgIpc) is 2.51. The summed E-state index contributed by atoms with van der Waals surface area (Å²) in [6, 6.07) is 0. The first kappa shape index (κ1) is 17.6. The Bertz CT molecular complexity index is 353. The lowest BCUT2D eigenvalue weighted by atomic mass is 9.68. The number of allylic oxidation sites excluding steroid dienone is 3. The van der Waals surface area contributed by atoms with E-state index in [1.807, 2.05) is 12.2 Å². The molecule has 0 aromatic heterocycles. The minimum absolute atomic E-state index is 0.362. The van der Waals surface area contributed by atoms with E-state index in [1.54, 1.807) is 0 Å². The first-order valence-electron chi connectivity index (χ1n) is 8.85. The Hall–Kier alpha value is -0.730. The molecule has 0 N–H and O–H groups in total. The van der Waals surface area contributed by atoms with Crippen LogP contribution in [0.5, 0.6) is 0 Å². The molecule has 0 heterocycles. The van der Waals surface area contributed by atoms with Crippen LogP contribution in [0.15, 0.2) is 24.8 Å². The van der Waals surface area contributed by atoms with Crippen molar-refractivity contribution in [1.29, 1.82) is 0 Å². The molecule has 3 heteroatoms. The van der Waals surface area contributed by atoms with Gasteiger partial charge in [-0.2, -0.15) is 13.2 Å². The number of hydrogen-bond donors (Lipinski definition) is 0. The van der Waals surface area contributed by atoms with Gasteiger partial charge in [0, 0.05) is 0 Å². The van der Waals surface area contributed by atoms with E-state index in [1.165, 1.54) is 32.1 Å². The van der Waals surface area contributed by atoms with Crippen molar-refractivity contribution in [2.24, 2.45) is 23.7 Å². The lowest BCUT2D eigenvalue weighted by molar-refractivity contribution is -0.185. The highest BCUT2D eigenvalue weighted by Crippen LogP contribution is 2.45. The lowest BCUT2D eigenvalue weighted by Gasteiger charge is -2.38. The average molecular weight is 314 g/mol. The molecule has 2 aliphatic rings. The fourth-order valence-electron chi connectivity index (χ4n) is 4.39. The van der Waals surface area contributed by atoms with Crippen molar-refractivity contribution in [1.82, 2.24) is 0 Å². The van der Waals surface area contributed by atoms with E-state index in [2.05, 4.69) is 12.7 Å². The van der Waals surface area contributed by atoms with Crippen LogP contribution >= 0.6 is 0 Å². The third-order valence-corrected chi connectivity index (χ3v) is 5.81. The first-order valence-corrected chi connectivity index (χ1v) is 8.85. The number of hydrogen-bond acceptors (Lipinski definition) is 0. The summed E-state index contributed by atoms with van der Waals surface area (Å²) in [4.78, 5) is 0. The molecule has 0 aromatic carbocycles. The summed E-state index contributed by atoms with van der Waals surface area (Å²) < 4.78 is 38.2. The molecule has 126 valence electrons. The largest absolute Gasteiger partial charge is 0.391 e. The second kappa shape index (κ2) is 8.21. The van der Waals surface area contributed by atoms with Crippen molar-refractivity contribution < 1.29 is 13.2 Å². The zero-order valence-corrected chi connectivity index (χ0v) is 13.5. The molecule has 0 aliphatic heterocycles. The van der Waals surface area contributed by atoms with E-state index < -0.39 is 12.1 Å². The van der Waals surface area contributed by atoms with Gasteiger partial charge < -0.3 is 0 Å². The van der Waals surface area contributed by atoms with Gasteiger partial charge in [-0.25, -0.2) is 0 Å². The molecule has 2 aliphatic carbocycles. The van der Waals surface area contributed by atoms with Crippen LogP contribution in [0, 0.1) is 23.7 Å². The maximum absolute atomic E-state index is 12.7. The van der Waals surface area contributed by atoms with Crippen LogP contribution in [-0.4, -0.2) is 6.18 Å². The first-order chi connectivity index (χ1) is 10.5. The fourth-order valence-corrected chi connectivity index (χ4v) is 4.39. The van der Waals surface area contributed by atoms with Gasteiger partial charge in [0.2, 0.25) is 0 Å². The van der Waals surface area contributed by atoms with Crippen LogP contribution in [0.1, 0.15) is 64.2 Å². The van der Waals surface area contributed by atoms with Crippen molar-refractivity contribution in [3.05, 3.63) is 24.8 Å². The molecule has 0 bridgehead atoms. The van der Waals surface area contributed by atoms with E-state index in [-0.39, 0.29) is 0 Å². The maximum atomic E-state index is 12.7. The summed E-state index contributed by atoms with van der Waals surface area (Å²) in [6.45, 7) is 3.67. The van der Waals surface area contributed by atoms with E-state index in [0.717, 1.165) is 25.2 Å². The van der Waals surface area contributed by atoms with Gasteiger partial charge in [0.15, 0.2) is 0 Å². The minimum Gasteiger partial charge on any atom is -0.171 e. The third-order valence-electron chi connectivity index (χ3n) is 5.81. The minimum atomic E-state index is -3.97. The molecule has 0 unspecified atom stereocenters. The summed E-state index contributed by atoms with van der Waals surface area (Å²) >= 11 is 0. The number of halogens is 3. The fraction of sp³-hybridized carbons (Fsp3) is 0.789. The quantitative estimate of drug-likeness (QED) is 0.496. The maximum Gasteiger partial charge on any atom is 0.391 e. The van der Waals surface area contributed by atoms with Crippen molar-refractivity contribution in [3.63, 3.8) is 0 Å². The Kier molecular flexibility index (Phi) is 6.58. The predicted molar refractivity (Wildman–Crippen MR) is 85.5 cm³/mol. The molecule has 2 saturated carbocycles. The third kappa shape index (κ3) is 5.17. The molecule has 0 nitrogen and oxygen atoms in total. The molecule has 2 fully saturated rings. The Morgan fingerprint density at radius 3 is 1.91 bits per heavy atom. The van der Waals surface area contributed by atoms with Crippen LogP contribution in [-0.2, 0) is 0 Å². The Morgan fingerprint density at radius 2 is 1.41 bits per heavy atom. The van der Waals surface area contributed by atoms with Crippen molar-refractivity contribution in [2.45, 2.75) is 70.4 Å². The highest BCUT2D eigenvalue weighted by Gasteiger charge is 2.42. The second-order valence-electron chi connectivity index (χ2n) is 7.18. The molecule has 0 spiro atoms. The smallest absolute Gasteiger partial charge is 0.171 e. The molecule has 0 atom stereocenters. The summed E-state index contributed by atoms with van der Waals surface area (Å²) in [7, 11) is 0. The van der Waals surface area contributed by atoms with E-state index >= 15 is 0 Å². The van der Waals surface area contributed by atoms with Gasteiger partial charge in [-0.05, 0) is 69.1 Å². The van der Waals surface area contributed by atoms with Crippen LogP contribution in [0.25, 0.3) is 0 Å². The lowest BCUT2D eigenvalue weighted by Crippen LogP contribution is -2.31. The van der Waals surface area contributed by atoms with Gasteiger partial charge in [0.25, 0.3) is 0 Å². The number of alkyl halides is 3. The molecule has 22 heavy (non-hydrogen) atoms. The topological polar surface area (TPSA) is 0 Å². The molecule has 0 aromatic rings. The van der Waals surface area contributed by atoms with Crippen LogP contribution in [0.4, 0.5) is 13.2 Å². The Morgan fingerprint density at radius 1 is 0.864 bits per heavy atom. The molecule has 2 rings (SSSR count). The monoisotopic (exact) mass is 314 g/mol. The highest BCUT2D eigenvalue weighted by molar-refractivity contribution is 4.97. The standard InChI is InChI=1S/C19H29F3/c1-2-3-4-5-6-15-7-9-16(10-8-15)17-11-13-18(14-12-17)19(20,21)22/h2-4,15-18H,1,5-14H2/b4-3+. The normalized spacial score (nSPS) is 34.0. The van der Waals surface area contributed by atoms with Gasteiger partial charge >= 0.3 is 6.18 Å². The molecule has 0 saturated heterocycles. The van der Waals surface area contributed by atoms with E-state index in [9.17, 15) is 13.2 Å². The zero-order valence-electron chi connectivity index (χ0n) is 13.5. The van der Waals surface area contributed by atoms with Crippen LogP contribution < -0.4 is 0 Å². The van der Waals surface area contributed by atoms with Crippen LogP contribution in [0.3, 0.4) is 0 Å². The zero-order chi connectivity index (χ0) is 16.0. The molecular formula is C19H29F3. The Balaban J connectivity index is 1.67. The second-order valence-corrected chi connectivity index (χ2v) is 7.18. The van der Waals surface area contributed by atoms with Crippen molar-refractivity contribution in [2.75, 3.05) is 0 Å². The van der Waals surface area contributed by atoms with Gasteiger partial charge in [-0.15, -0.1) is 0 Å². The highest BCUT2D eigenvalue weighted by atomic mass is 19.4. The van der Waals surface area contributed by atoms with Gasteiger partial charge in [-0.1, -0.05) is 37.6 Å². The molecule has 0 radical (unpaired) electrons. The van der Waals surface area contributed by atoms with E-state index in [0.29, 0.717) is 24.7 Å². The van der Waals surface area contributed by atoms with Crippen LogP contribution in [0.2, 0.25) is 0 Å². The molecular weight excluding hydrogens is 285 g/mol. The van der Waals surface area contributed by atoms with E-state index in [4.69, 9.17) is 0 Å². The summed E-state index contributed by atoms with van der Waals surface area (Å²) in [5.41, 5.74) is 0. The molecule has 0 amide bonds. The summed E-state index contributed by atoms with van der Waals surface area (Å²) in [6.07, 6.45) is 11.7. The van der Waals surface area contributed by atoms with Gasteiger partial charge in [-0.3, -0.25) is 0 Å². The summed E-state index contributed by atoms with van der Waals surface area (Å²) in [5.74, 6) is 1.03. The van der Waals surface area contributed by atoms with Crippen molar-refractivity contribution in [3.8, 4) is 0 Å². The van der Waals surface area contributed by atoms with Crippen molar-refractivity contribution >= 4 is 0 Å². The summed E-state index contributed by atoms with van der Waals surface area (Å²) in [5, 5.41) is 0. The Labute approximate surface area is 132 Å². The van der Waals surface area contributed by atoms with Gasteiger partial charge in [0.1, 0.15) is 0 Å². The van der Waals surface area contributed by atoms with Gasteiger partial charge in [0.05, 0.1) is 5.92 Å². The SMILES string of the molecule is C=C/C=C/CCC1CCC(C2CCC(C(F)(F)F)CC2)CC1. The predicted octanol–water partition coefficient (Wildman–Crippen LogP) is 6.68. The number of rotatable bonds is 5.